The number of sulfonamides is 1. The summed E-state index contributed by atoms with van der Waals surface area (Å²) >= 11 is 5.97. The molecule has 2 N–H and O–H groups in total. The van der Waals surface area contributed by atoms with E-state index in [0.717, 1.165) is 5.56 Å². The number of nitrogens with one attached hydrogen (secondary N) is 1. The van der Waals surface area contributed by atoms with Gasteiger partial charge in [-0.1, -0.05) is 29.8 Å². The molecule has 106 valence electrons. The second-order valence-electron chi connectivity index (χ2n) is 4.37. The number of hydrogen-bond acceptors (Lipinski definition) is 3. The van der Waals surface area contributed by atoms with Gasteiger partial charge in [-0.3, -0.25) is 4.72 Å². The van der Waals surface area contributed by atoms with Gasteiger partial charge in [-0.05, 0) is 42.3 Å². The Kier molecular flexibility index (Phi) is 4.32. The molecule has 0 bridgehead atoms. The van der Waals surface area contributed by atoms with Gasteiger partial charge in [0.25, 0.3) is 10.0 Å². The van der Waals surface area contributed by atoms with Crippen molar-refractivity contribution in [3.63, 3.8) is 0 Å². The fraction of sp³-hybridized carbons (Fsp3) is 0.143. The van der Waals surface area contributed by atoms with Crippen LogP contribution in [0.1, 0.15) is 11.1 Å². The molecule has 0 fully saturated rings. The summed E-state index contributed by atoms with van der Waals surface area (Å²) < 4.78 is 26.9. The highest BCUT2D eigenvalue weighted by Gasteiger charge is 2.14. The van der Waals surface area contributed by atoms with Gasteiger partial charge in [0, 0.05) is 5.02 Å². The van der Waals surface area contributed by atoms with Gasteiger partial charge in [0.2, 0.25) is 0 Å². The molecule has 6 heteroatoms. The van der Waals surface area contributed by atoms with E-state index in [2.05, 4.69) is 4.72 Å². The Morgan fingerprint density at radius 1 is 1.20 bits per heavy atom. The summed E-state index contributed by atoms with van der Waals surface area (Å²) in [5.74, 6) is 0. The number of halogens is 1. The Morgan fingerprint density at radius 3 is 2.60 bits per heavy atom. The minimum Gasteiger partial charge on any atom is -0.392 e. The largest absolute Gasteiger partial charge is 0.392 e. The van der Waals surface area contributed by atoms with Crippen LogP contribution in [0.15, 0.2) is 47.4 Å². The summed E-state index contributed by atoms with van der Waals surface area (Å²) in [6.07, 6.45) is 0. The van der Waals surface area contributed by atoms with Crippen molar-refractivity contribution in [3.8, 4) is 0 Å². The van der Waals surface area contributed by atoms with Crippen LogP contribution in [0.4, 0.5) is 5.69 Å². The van der Waals surface area contributed by atoms with Crippen molar-refractivity contribution in [3.05, 3.63) is 58.6 Å². The van der Waals surface area contributed by atoms with Crippen LogP contribution in [0.3, 0.4) is 0 Å². The Morgan fingerprint density at radius 2 is 1.95 bits per heavy atom. The number of rotatable bonds is 4. The van der Waals surface area contributed by atoms with Crippen LogP contribution in [-0.4, -0.2) is 13.5 Å². The number of anilines is 1. The summed E-state index contributed by atoms with van der Waals surface area (Å²) in [5, 5.41) is 9.55. The summed E-state index contributed by atoms with van der Waals surface area (Å²) in [7, 11) is -3.70. The Balaban J connectivity index is 2.32. The van der Waals surface area contributed by atoms with E-state index in [-0.39, 0.29) is 11.5 Å². The second-order valence-corrected chi connectivity index (χ2v) is 6.46. The topological polar surface area (TPSA) is 66.4 Å². The molecule has 0 amide bonds. The molecule has 4 nitrogen and oxygen atoms in total. The molecule has 2 rings (SSSR count). The molecule has 0 unspecified atom stereocenters. The molecule has 20 heavy (non-hydrogen) atoms. The molecule has 0 aromatic heterocycles. The first-order valence-electron chi connectivity index (χ1n) is 5.91. The molecule has 0 aliphatic heterocycles. The summed E-state index contributed by atoms with van der Waals surface area (Å²) in [6, 6.07) is 11.1. The maximum absolute atomic E-state index is 12.2. The van der Waals surface area contributed by atoms with Crippen LogP contribution in [0.2, 0.25) is 5.02 Å². The second kappa shape index (κ2) is 5.83. The molecule has 2 aromatic carbocycles. The lowest BCUT2D eigenvalue weighted by Crippen LogP contribution is -2.13. The van der Waals surface area contributed by atoms with Crippen molar-refractivity contribution in [2.24, 2.45) is 0 Å². The first kappa shape index (κ1) is 14.8. The molecule has 2 aromatic rings. The lowest BCUT2D eigenvalue weighted by Gasteiger charge is -2.10. The lowest BCUT2D eigenvalue weighted by atomic mass is 10.2. The van der Waals surface area contributed by atoms with Gasteiger partial charge in [0.1, 0.15) is 0 Å². The highest BCUT2D eigenvalue weighted by atomic mass is 35.5. The number of aliphatic hydroxyl groups excluding tert-OH is 1. The Bertz CT molecular complexity index is 729. The number of benzene rings is 2. The van der Waals surface area contributed by atoms with Gasteiger partial charge in [-0.2, -0.15) is 0 Å². The summed E-state index contributed by atoms with van der Waals surface area (Å²) in [6.45, 7) is 1.63. The monoisotopic (exact) mass is 311 g/mol. The van der Waals surface area contributed by atoms with Crippen molar-refractivity contribution in [2.75, 3.05) is 4.72 Å². The van der Waals surface area contributed by atoms with E-state index in [1.165, 1.54) is 12.1 Å². The van der Waals surface area contributed by atoms with Crippen molar-refractivity contribution < 1.29 is 13.5 Å². The van der Waals surface area contributed by atoms with Gasteiger partial charge in [-0.15, -0.1) is 0 Å². The molecule has 0 atom stereocenters. The highest BCUT2D eigenvalue weighted by molar-refractivity contribution is 7.92. The predicted octanol–water partition coefficient (Wildman–Crippen LogP) is 2.94. The first-order chi connectivity index (χ1) is 9.42. The lowest BCUT2D eigenvalue weighted by molar-refractivity contribution is 0.281. The molecule has 0 saturated carbocycles. The van der Waals surface area contributed by atoms with Crippen LogP contribution in [0.5, 0.6) is 0 Å². The predicted molar refractivity (Wildman–Crippen MR) is 79.4 cm³/mol. The van der Waals surface area contributed by atoms with E-state index < -0.39 is 10.0 Å². The molecule has 0 saturated heterocycles. The number of aliphatic hydroxyl groups is 1. The van der Waals surface area contributed by atoms with E-state index in [0.29, 0.717) is 16.3 Å². The molecule has 0 radical (unpaired) electrons. The third-order valence-electron chi connectivity index (χ3n) is 2.82. The third-order valence-corrected chi connectivity index (χ3v) is 4.60. The smallest absolute Gasteiger partial charge is 0.261 e. The maximum Gasteiger partial charge on any atom is 0.261 e. The molecular formula is C14H14ClNO3S. The van der Waals surface area contributed by atoms with Crippen molar-refractivity contribution >= 4 is 27.3 Å². The third kappa shape index (κ3) is 3.30. The van der Waals surface area contributed by atoms with Gasteiger partial charge >= 0.3 is 0 Å². The Labute approximate surface area is 123 Å². The Hall–Kier alpha value is -1.56. The van der Waals surface area contributed by atoms with E-state index in [1.807, 2.05) is 6.92 Å². The molecular weight excluding hydrogens is 298 g/mol. The fourth-order valence-electron chi connectivity index (χ4n) is 1.68. The van der Waals surface area contributed by atoms with Gasteiger partial charge in [0.05, 0.1) is 17.2 Å². The van der Waals surface area contributed by atoms with Crippen LogP contribution < -0.4 is 4.72 Å². The number of aryl methyl sites for hydroxylation is 1. The fourth-order valence-corrected chi connectivity index (χ4v) is 2.98. The summed E-state index contributed by atoms with van der Waals surface area (Å²) in [5.41, 5.74) is 1.81. The van der Waals surface area contributed by atoms with E-state index >= 15 is 0 Å². The zero-order valence-corrected chi connectivity index (χ0v) is 12.4. The summed E-state index contributed by atoms with van der Waals surface area (Å²) in [4.78, 5) is 0.0979. The van der Waals surface area contributed by atoms with E-state index in [1.54, 1.807) is 30.3 Å². The average molecular weight is 312 g/mol. The van der Waals surface area contributed by atoms with Crippen LogP contribution in [0.25, 0.3) is 0 Å². The highest BCUT2D eigenvalue weighted by Crippen LogP contribution is 2.22. The minimum absolute atomic E-state index is 0.0979. The molecule has 0 aliphatic carbocycles. The van der Waals surface area contributed by atoms with Crippen LogP contribution in [-0.2, 0) is 16.6 Å². The van der Waals surface area contributed by atoms with Crippen molar-refractivity contribution in [1.29, 1.82) is 0 Å². The number of hydrogen-bond donors (Lipinski definition) is 2. The van der Waals surface area contributed by atoms with Gasteiger partial charge < -0.3 is 5.11 Å². The standard InChI is InChI=1S/C14H14ClNO3S/c1-10-5-6-12(8-14(10)15)16-20(18,19)13-4-2-3-11(7-13)9-17/h2-8,16-17H,9H2,1H3. The van der Waals surface area contributed by atoms with Crippen LogP contribution in [0, 0.1) is 6.92 Å². The van der Waals surface area contributed by atoms with Gasteiger partial charge in [-0.25, -0.2) is 8.42 Å². The zero-order chi connectivity index (χ0) is 14.8. The average Bonchev–Trinajstić information content (AvgIpc) is 2.43. The molecule has 0 spiro atoms. The van der Waals surface area contributed by atoms with Gasteiger partial charge in [0.15, 0.2) is 0 Å². The zero-order valence-electron chi connectivity index (χ0n) is 10.8. The molecule has 0 aliphatic rings. The van der Waals surface area contributed by atoms with E-state index in [9.17, 15) is 8.42 Å². The van der Waals surface area contributed by atoms with E-state index in [4.69, 9.17) is 16.7 Å². The minimum atomic E-state index is -3.70. The normalized spacial score (nSPS) is 11.3. The first-order valence-corrected chi connectivity index (χ1v) is 7.77. The van der Waals surface area contributed by atoms with Crippen LogP contribution >= 0.6 is 11.6 Å². The van der Waals surface area contributed by atoms with Crippen molar-refractivity contribution in [2.45, 2.75) is 18.4 Å². The SMILES string of the molecule is Cc1ccc(NS(=O)(=O)c2cccc(CO)c2)cc1Cl. The maximum atomic E-state index is 12.2. The quantitative estimate of drug-likeness (QED) is 0.912. The molecule has 0 heterocycles. The van der Waals surface area contributed by atoms with Crippen molar-refractivity contribution in [1.82, 2.24) is 0 Å².